The number of benzene rings is 3. The summed E-state index contributed by atoms with van der Waals surface area (Å²) in [5.74, 6) is 0.394. The van der Waals surface area contributed by atoms with Crippen LogP contribution in [-0.4, -0.2) is 11.9 Å². The molecule has 3 aromatic rings. The lowest BCUT2D eigenvalue weighted by Gasteiger charge is -2.08. The molecule has 0 aliphatic heterocycles. The number of anilines is 1. The minimum absolute atomic E-state index is 0. The molecular formula is C23H23ClN2O. The van der Waals surface area contributed by atoms with Crippen LogP contribution < -0.4 is 11.1 Å². The van der Waals surface area contributed by atoms with Crippen LogP contribution in [0.5, 0.6) is 0 Å². The van der Waals surface area contributed by atoms with Gasteiger partial charge < -0.3 is 11.1 Å². The fourth-order valence-corrected chi connectivity index (χ4v) is 3.27. The average molecular weight is 379 g/mol. The Kier molecular flexibility index (Phi) is 5.94. The van der Waals surface area contributed by atoms with Crippen molar-refractivity contribution in [2.45, 2.75) is 24.8 Å². The lowest BCUT2D eigenvalue weighted by molar-refractivity contribution is 0.102. The van der Waals surface area contributed by atoms with E-state index < -0.39 is 0 Å². The summed E-state index contributed by atoms with van der Waals surface area (Å²) >= 11 is 0. The molecule has 0 aromatic heterocycles. The number of rotatable bonds is 5. The van der Waals surface area contributed by atoms with Crippen molar-refractivity contribution in [3.63, 3.8) is 0 Å². The third kappa shape index (κ3) is 4.76. The summed E-state index contributed by atoms with van der Waals surface area (Å²) in [5, 5.41) is 2.98. The van der Waals surface area contributed by atoms with E-state index in [1.807, 2.05) is 48.5 Å². The molecule has 1 aliphatic carbocycles. The van der Waals surface area contributed by atoms with E-state index in [-0.39, 0.29) is 18.3 Å². The maximum absolute atomic E-state index is 12.6. The Labute approximate surface area is 166 Å². The second-order valence-corrected chi connectivity index (χ2v) is 6.94. The summed E-state index contributed by atoms with van der Waals surface area (Å²) in [6.45, 7) is 0. The van der Waals surface area contributed by atoms with E-state index in [9.17, 15) is 4.79 Å². The van der Waals surface area contributed by atoms with Crippen molar-refractivity contribution in [1.82, 2.24) is 0 Å². The van der Waals surface area contributed by atoms with Gasteiger partial charge in [-0.05, 0) is 53.8 Å². The molecule has 1 fully saturated rings. The van der Waals surface area contributed by atoms with Crippen molar-refractivity contribution in [2.75, 3.05) is 5.32 Å². The van der Waals surface area contributed by atoms with Crippen LogP contribution in [0.15, 0.2) is 78.9 Å². The molecule has 0 spiro atoms. The first-order chi connectivity index (χ1) is 12.7. The Morgan fingerprint density at radius 1 is 0.926 bits per heavy atom. The van der Waals surface area contributed by atoms with Gasteiger partial charge in [0, 0.05) is 23.2 Å². The zero-order valence-corrected chi connectivity index (χ0v) is 15.8. The lowest BCUT2D eigenvalue weighted by Crippen LogP contribution is -2.12. The van der Waals surface area contributed by atoms with E-state index in [1.165, 1.54) is 11.1 Å². The minimum atomic E-state index is -0.0872. The monoisotopic (exact) mass is 378 g/mol. The summed E-state index contributed by atoms with van der Waals surface area (Å²) < 4.78 is 0. The minimum Gasteiger partial charge on any atom is -0.327 e. The average Bonchev–Trinajstić information content (AvgIpc) is 3.40. The number of carbonyl (C=O) groups excluding carboxylic acids is 1. The fraction of sp³-hybridized carbons (Fsp3) is 0.174. The molecule has 1 saturated carbocycles. The summed E-state index contributed by atoms with van der Waals surface area (Å²) in [5.41, 5.74) is 11.0. The molecule has 2 unspecified atom stereocenters. The number of carbonyl (C=O) groups is 1. The van der Waals surface area contributed by atoms with E-state index in [2.05, 4.69) is 35.6 Å². The Morgan fingerprint density at radius 3 is 2.26 bits per heavy atom. The van der Waals surface area contributed by atoms with E-state index in [1.54, 1.807) is 0 Å². The molecule has 4 heteroatoms. The van der Waals surface area contributed by atoms with Crippen molar-refractivity contribution in [3.8, 4) is 0 Å². The molecular weight excluding hydrogens is 356 g/mol. The lowest BCUT2D eigenvalue weighted by atomic mass is 10.0. The maximum atomic E-state index is 12.6. The molecule has 1 amide bonds. The second-order valence-electron chi connectivity index (χ2n) is 6.94. The third-order valence-electron chi connectivity index (χ3n) is 4.88. The van der Waals surface area contributed by atoms with Gasteiger partial charge in [0.1, 0.15) is 0 Å². The maximum Gasteiger partial charge on any atom is 0.255 e. The van der Waals surface area contributed by atoms with Crippen LogP contribution in [0.2, 0.25) is 0 Å². The smallest absolute Gasteiger partial charge is 0.255 e. The SMILES string of the molecule is Cl.NC1CC1c1ccc(NC(=O)c2cccc(Cc3ccccc3)c2)cc1. The molecule has 138 valence electrons. The van der Waals surface area contributed by atoms with Crippen LogP contribution in [0, 0.1) is 0 Å². The second kappa shape index (κ2) is 8.38. The predicted molar refractivity (Wildman–Crippen MR) is 113 cm³/mol. The van der Waals surface area contributed by atoms with E-state index in [4.69, 9.17) is 5.73 Å². The molecule has 3 aromatic carbocycles. The Hall–Kier alpha value is -2.62. The highest BCUT2D eigenvalue weighted by Gasteiger charge is 2.34. The molecule has 4 rings (SSSR count). The van der Waals surface area contributed by atoms with E-state index in [0.717, 1.165) is 24.1 Å². The summed E-state index contributed by atoms with van der Waals surface area (Å²) in [7, 11) is 0. The number of hydrogen-bond acceptors (Lipinski definition) is 2. The standard InChI is InChI=1S/C23H22N2O.ClH/c24-22-15-21(22)18-9-11-20(12-10-18)25-23(26)19-8-4-7-17(14-19)13-16-5-2-1-3-6-16;/h1-12,14,21-22H,13,15,24H2,(H,25,26);1H. The summed E-state index contributed by atoms with van der Waals surface area (Å²) in [6, 6.07) is 26.4. The van der Waals surface area contributed by atoms with Crippen LogP contribution in [-0.2, 0) is 6.42 Å². The van der Waals surface area contributed by atoms with Gasteiger partial charge >= 0.3 is 0 Å². The number of hydrogen-bond donors (Lipinski definition) is 2. The first-order valence-corrected chi connectivity index (χ1v) is 8.99. The van der Waals surface area contributed by atoms with Crippen molar-refractivity contribution in [2.24, 2.45) is 5.73 Å². The zero-order chi connectivity index (χ0) is 17.9. The molecule has 2 atom stereocenters. The number of amides is 1. The summed E-state index contributed by atoms with van der Waals surface area (Å²) in [4.78, 5) is 12.6. The van der Waals surface area contributed by atoms with Gasteiger partial charge in [0.2, 0.25) is 0 Å². The van der Waals surface area contributed by atoms with Crippen molar-refractivity contribution >= 4 is 24.0 Å². The van der Waals surface area contributed by atoms with E-state index in [0.29, 0.717) is 17.5 Å². The van der Waals surface area contributed by atoms with Gasteiger partial charge in [-0.2, -0.15) is 0 Å². The van der Waals surface area contributed by atoms with E-state index >= 15 is 0 Å². The number of nitrogens with one attached hydrogen (secondary N) is 1. The first kappa shape index (κ1) is 19.2. The van der Waals surface area contributed by atoms with Crippen LogP contribution in [0.4, 0.5) is 5.69 Å². The first-order valence-electron chi connectivity index (χ1n) is 8.99. The normalized spacial score (nSPS) is 17.7. The molecule has 0 saturated heterocycles. The number of halogens is 1. The van der Waals surface area contributed by atoms with Crippen molar-refractivity contribution < 1.29 is 4.79 Å². The van der Waals surface area contributed by atoms with Crippen LogP contribution >= 0.6 is 12.4 Å². The highest BCUT2D eigenvalue weighted by atomic mass is 35.5. The van der Waals surface area contributed by atoms with Crippen molar-refractivity contribution in [3.05, 3.63) is 101 Å². The van der Waals surface area contributed by atoms with Gasteiger partial charge in [0.25, 0.3) is 5.91 Å². The molecule has 0 heterocycles. The predicted octanol–water partition coefficient (Wildman–Crippen LogP) is 4.77. The van der Waals surface area contributed by atoms with Crippen LogP contribution in [0.1, 0.15) is 39.4 Å². The molecule has 3 N–H and O–H groups in total. The van der Waals surface area contributed by atoms with Crippen molar-refractivity contribution in [1.29, 1.82) is 0 Å². The van der Waals surface area contributed by atoms with Gasteiger partial charge in [-0.1, -0.05) is 54.6 Å². The topological polar surface area (TPSA) is 55.1 Å². The molecule has 3 nitrogen and oxygen atoms in total. The molecule has 1 aliphatic rings. The van der Waals surface area contributed by atoms with Gasteiger partial charge in [-0.15, -0.1) is 12.4 Å². The molecule has 0 radical (unpaired) electrons. The Balaban J connectivity index is 0.00000210. The Bertz CT molecular complexity index is 909. The Morgan fingerprint density at radius 2 is 1.59 bits per heavy atom. The third-order valence-corrected chi connectivity index (χ3v) is 4.88. The number of nitrogens with two attached hydrogens (primary N) is 1. The fourth-order valence-electron chi connectivity index (χ4n) is 3.27. The van der Waals surface area contributed by atoms with Crippen LogP contribution in [0.25, 0.3) is 0 Å². The zero-order valence-electron chi connectivity index (χ0n) is 15.0. The summed E-state index contributed by atoms with van der Waals surface area (Å²) in [6.07, 6.45) is 1.87. The highest BCUT2D eigenvalue weighted by molar-refractivity contribution is 6.04. The highest BCUT2D eigenvalue weighted by Crippen LogP contribution is 2.39. The van der Waals surface area contributed by atoms with Gasteiger partial charge in [-0.25, -0.2) is 0 Å². The van der Waals surface area contributed by atoms with Gasteiger partial charge in [0.15, 0.2) is 0 Å². The quantitative estimate of drug-likeness (QED) is 0.672. The largest absolute Gasteiger partial charge is 0.327 e. The van der Waals surface area contributed by atoms with Crippen LogP contribution in [0.3, 0.4) is 0 Å². The van der Waals surface area contributed by atoms with Gasteiger partial charge in [-0.3, -0.25) is 4.79 Å². The molecule has 0 bridgehead atoms. The molecule has 27 heavy (non-hydrogen) atoms. The van der Waals surface area contributed by atoms with Gasteiger partial charge in [0.05, 0.1) is 0 Å².